The Balaban J connectivity index is 2.31. The number of aromatic amines is 1. The number of aryl methyl sites for hydroxylation is 1. The van der Waals surface area contributed by atoms with Gasteiger partial charge < -0.3 is 10.1 Å². The van der Waals surface area contributed by atoms with Gasteiger partial charge >= 0.3 is 0 Å². The van der Waals surface area contributed by atoms with Crippen LogP contribution in [-0.2, 0) is 6.42 Å². The molecule has 0 aliphatic carbocycles. The van der Waals surface area contributed by atoms with Gasteiger partial charge in [-0.05, 0) is 43.5 Å². The summed E-state index contributed by atoms with van der Waals surface area (Å²) in [4.78, 5) is 3.09. The maximum absolute atomic E-state index is 13.0. The second-order valence-electron chi connectivity index (χ2n) is 3.89. The molecule has 0 amide bonds. The Kier molecular flexibility index (Phi) is 2.73. The fourth-order valence-electron chi connectivity index (χ4n) is 1.72. The van der Waals surface area contributed by atoms with E-state index in [-0.39, 0.29) is 11.9 Å². The quantitative estimate of drug-likeness (QED) is 0.797. The van der Waals surface area contributed by atoms with Crippen LogP contribution in [0.3, 0.4) is 0 Å². The Morgan fingerprint density at radius 1 is 1.47 bits per heavy atom. The molecule has 0 aliphatic rings. The SMILES string of the molecule is CC(O)CCc1c[nH]c2ccc(F)cc12. The van der Waals surface area contributed by atoms with E-state index in [0.29, 0.717) is 6.42 Å². The zero-order chi connectivity index (χ0) is 10.8. The lowest BCUT2D eigenvalue weighted by molar-refractivity contribution is 0.185. The highest BCUT2D eigenvalue weighted by Gasteiger charge is 2.05. The van der Waals surface area contributed by atoms with E-state index in [2.05, 4.69) is 4.98 Å². The Morgan fingerprint density at radius 3 is 3.00 bits per heavy atom. The summed E-state index contributed by atoms with van der Waals surface area (Å²) in [6, 6.07) is 4.71. The van der Waals surface area contributed by atoms with E-state index in [0.717, 1.165) is 22.9 Å². The van der Waals surface area contributed by atoms with Gasteiger partial charge in [-0.15, -0.1) is 0 Å². The smallest absolute Gasteiger partial charge is 0.123 e. The van der Waals surface area contributed by atoms with Crippen LogP contribution >= 0.6 is 0 Å². The van der Waals surface area contributed by atoms with Gasteiger partial charge in [0, 0.05) is 17.1 Å². The number of aliphatic hydroxyl groups excluding tert-OH is 1. The van der Waals surface area contributed by atoms with Gasteiger partial charge in [0.2, 0.25) is 0 Å². The first kappa shape index (κ1) is 10.2. The second kappa shape index (κ2) is 4.03. The molecule has 2 aromatic rings. The van der Waals surface area contributed by atoms with Crippen LogP contribution in [0.1, 0.15) is 18.9 Å². The molecule has 0 saturated heterocycles. The summed E-state index contributed by atoms with van der Waals surface area (Å²) in [5.41, 5.74) is 2.00. The number of hydrogen-bond acceptors (Lipinski definition) is 1. The van der Waals surface area contributed by atoms with Crippen molar-refractivity contribution < 1.29 is 9.50 Å². The van der Waals surface area contributed by atoms with E-state index in [1.165, 1.54) is 12.1 Å². The molecule has 15 heavy (non-hydrogen) atoms. The normalized spacial score (nSPS) is 13.3. The fourth-order valence-corrected chi connectivity index (χ4v) is 1.72. The van der Waals surface area contributed by atoms with E-state index >= 15 is 0 Å². The van der Waals surface area contributed by atoms with Crippen LogP contribution in [0.25, 0.3) is 10.9 Å². The molecule has 0 radical (unpaired) electrons. The van der Waals surface area contributed by atoms with E-state index in [1.54, 1.807) is 13.0 Å². The number of aromatic nitrogens is 1. The maximum atomic E-state index is 13.0. The minimum Gasteiger partial charge on any atom is -0.393 e. The average molecular weight is 207 g/mol. The number of H-pyrrole nitrogens is 1. The number of fused-ring (bicyclic) bond motifs is 1. The first-order valence-electron chi connectivity index (χ1n) is 5.10. The highest BCUT2D eigenvalue weighted by Crippen LogP contribution is 2.20. The van der Waals surface area contributed by atoms with Crippen molar-refractivity contribution in [3.8, 4) is 0 Å². The Labute approximate surface area is 87.7 Å². The molecular weight excluding hydrogens is 193 g/mol. The average Bonchev–Trinajstić information content (AvgIpc) is 2.57. The molecule has 3 heteroatoms. The Hall–Kier alpha value is -1.35. The highest BCUT2D eigenvalue weighted by atomic mass is 19.1. The van der Waals surface area contributed by atoms with Gasteiger partial charge in [0.15, 0.2) is 0 Å². The van der Waals surface area contributed by atoms with Crippen LogP contribution in [0, 0.1) is 5.82 Å². The van der Waals surface area contributed by atoms with Gasteiger partial charge in [-0.1, -0.05) is 0 Å². The zero-order valence-corrected chi connectivity index (χ0v) is 8.63. The van der Waals surface area contributed by atoms with E-state index < -0.39 is 0 Å². The van der Waals surface area contributed by atoms with Gasteiger partial charge in [0.1, 0.15) is 5.82 Å². The molecule has 1 aromatic carbocycles. The van der Waals surface area contributed by atoms with E-state index in [4.69, 9.17) is 0 Å². The number of benzene rings is 1. The highest BCUT2D eigenvalue weighted by molar-refractivity contribution is 5.83. The molecule has 2 nitrogen and oxygen atoms in total. The maximum Gasteiger partial charge on any atom is 0.123 e. The molecular formula is C12H14FNO. The zero-order valence-electron chi connectivity index (χ0n) is 8.63. The summed E-state index contributed by atoms with van der Waals surface area (Å²) in [6.07, 6.45) is 3.03. The molecule has 0 bridgehead atoms. The summed E-state index contributed by atoms with van der Waals surface area (Å²) in [7, 11) is 0. The molecule has 1 heterocycles. The molecule has 0 fully saturated rings. The monoisotopic (exact) mass is 207 g/mol. The third-order valence-corrected chi connectivity index (χ3v) is 2.56. The summed E-state index contributed by atoms with van der Waals surface area (Å²) in [6.45, 7) is 1.76. The molecule has 0 aliphatic heterocycles. The Morgan fingerprint density at radius 2 is 2.27 bits per heavy atom. The van der Waals surface area contributed by atoms with Crippen LogP contribution in [-0.4, -0.2) is 16.2 Å². The van der Waals surface area contributed by atoms with Crippen LogP contribution in [0.4, 0.5) is 4.39 Å². The number of aliphatic hydroxyl groups is 1. The summed E-state index contributed by atoms with van der Waals surface area (Å²) >= 11 is 0. The van der Waals surface area contributed by atoms with Crippen molar-refractivity contribution in [3.63, 3.8) is 0 Å². The molecule has 1 aromatic heterocycles. The predicted octanol–water partition coefficient (Wildman–Crippen LogP) is 2.62. The van der Waals surface area contributed by atoms with Gasteiger partial charge in [-0.25, -0.2) is 4.39 Å². The minimum atomic E-state index is -0.316. The summed E-state index contributed by atoms with van der Waals surface area (Å²) in [5, 5.41) is 10.1. The van der Waals surface area contributed by atoms with Gasteiger partial charge in [0.05, 0.1) is 6.10 Å². The van der Waals surface area contributed by atoms with Crippen molar-refractivity contribution in [1.29, 1.82) is 0 Å². The molecule has 1 unspecified atom stereocenters. The van der Waals surface area contributed by atoms with Crippen molar-refractivity contribution in [3.05, 3.63) is 35.8 Å². The topological polar surface area (TPSA) is 36.0 Å². The van der Waals surface area contributed by atoms with Crippen LogP contribution < -0.4 is 0 Å². The molecule has 1 atom stereocenters. The van der Waals surface area contributed by atoms with Crippen molar-refractivity contribution in [2.24, 2.45) is 0 Å². The van der Waals surface area contributed by atoms with E-state index in [1.807, 2.05) is 6.20 Å². The lowest BCUT2D eigenvalue weighted by atomic mass is 10.1. The molecule has 0 spiro atoms. The molecule has 0 saturated carbocycles. The summed E-state index contributed by atoms with van der Waals surface area (Å²) < 4.78 is 13.0. The first-order valence-corrected chi connectivity index (χ1v) is 5.10. The Bertz CT molecular complexity index is 462. The van der Waals surface area contributed by atoms with E-state index in [9.17, 15) is 9.50 Å². The molecule has 80 valence electrons. The lowest BCUT2D eigenvalue weighted by Gasteiger charge is -2.02. The van der Waals surface area contributed by atoms with Gasteiger partial charge in [0.25, 0.3) is 0 Å². The predicted molar refractivity (Wildman–Crippen MR) is 58.3 cm³/mol. The molecule has 2 rings (SSSR count). The first-order chi connectivity index (χ1) is 7.16. The van der Waals surface area contributed by atoms with Crippen LogP contribution in [0.2, 0.25) is 0 Å². The minimum absolute atomic E-state index is 0.222. The number of nitrogens with one attached hydrogen (secondary N) is 1. The standard InChI is InChI=1S/C12H14FNO/c1-8(15)2-3-9-7-14-12-5-4-10(13)6-11(9)12/h4-8,14-15H,2-3H2,1H3. The lowest BCUT2D eigenvalue weighted by Crippen LogP contribution is -2.00. The van der Waals surface area contributed by atoms with Gasteiger partial charge in [-0.2, -0.15) is 0 Å². The number of halogens is 1. The number of rotatable bonds is 3. The van der Waals surface area contributed by atoms with Crippen molar-refractivity contribution in [2.75, 3.05) is 0 Å². The third kappa shape index (κ3) is 2.18. The van der Waals surface area contributed by atoms with Crippen molar-refractivity contribution in [2.45, 2.75) is 25.9 Å². The summed E-state index contributed by atoms with van der Waals surface area (Å²) in [5.74, 6) is -0.222. The number of hydrogen-bond donors (Lipinski definition) is 2. The largest absolute Gasteiger partial charge is 0.393 e. The molecule has 2 N–H and O–H groups in total. The van der Waals surface area contributed by atoms with Crippen LogP contribution in [0.15, 0.2) is 24.4 Å². The van der Waals surface area contributed by atoms with Crippen LogP contribution in [0.5, 0.6) is 0 Å². The second-order valence-corrected chi connectivity index (χ2v) is 3.89. The van der Waals surface area contributed by atoms with Crippen molar-refractivity contribution in [1.82, 2.24) is 4.98 Å². The van der Waals surface area contributed by atoms with Gasteiger partial charge in [-0.3, -0.25) is 0 Å². The third-order valence-electron chi connectivity index (χ3n) is 2.56. The fraction of sp³-hybridized carbons (Fsp3) is 0.333. The van der Waals surface area contributed by atoms with Crippen molar-refractivity contribution >= 4 is 10.9 Å².